The van der Waals surface area contributed by atoms with Crippen LogP contribution >= 0.6 is 0 Å². The van der Waals surface area contributed by atoms with Crippen LogP contribution < -0.4 is 10.1 Å². The van der Waals surface area contributed by atoms with Gasteiger partial charge >= 0.3 is 0 Å². The van der Waals surface area contributed by atoms with E-state index in [-0.39, 0.29) is 23.3 Å². The number of nitrogens with zero attached hydrogens (tertiary/aromatic N) is 1. The minimum atomic E-state index is -0.291. The maximum Gasteiger partial charge on any atom is 0.270 e. The van der Waals surface area contributed by atoms with Crippen LogP contribution in [0.4, 0.5) is 0 Å². The number of amides is 2. The highest BCUT2D eigenvalue weighted by atomic mass is 16.5. The van der Waals surface area contributed by atoms with Gasteiger partial charge in [0.15, 0.2) is 0 Å². The Morgan fingerprint density at radius 2 is 2.03 bits per heavy atom. The lowest BCUT2D eigenvalue weighted by Gasteiger charge is -2.27. The Kier molecular flexibility index (Phi) is 5.44. The molecular formula is C27H29N3O3. The summed E-state index contributed by atoms with van der Waals surface area (Å²) in [5.41, 5.74) is 2.75. The zero-order valence-electron chi connectivity index (χ0n) is 19.1. The zero-order valence-corrected chi connectivity index (χ0v) is 19.1. The molecule has 33 heavy (non-hydrogen) atoms. The highest BCUT2D eigenvalue weighted by Gasteiger charge is 2.45. The number of carbonyl (C=O) groups excluding carboxylic acids is 2. The maximum absolute atomic E-state index is 13.8. The summed E-state index contributed by atoms with van der Waals surface area (Å²) in [6.07, 6.45) is 7.98. The second kappa shape index (κ2) is 8.43. The van der Waals surface area contributed by atoms with E-state index in [1.54, 1.807) is 25.3 Å². The molecule has 0 radical (unpaired) electrons. The Morgan fingerprint density at radius 3 is 2.79 bits per heavy atom. The number of rotatable bonds is 5. The number of hydrogen-bond acceptors (Lipinski definition) is 3. The lowest BCUT2D eigenvalue weighted by molar-refractivity contribution is -0.128. The molecule has 1 saturated carbocycles. The van der Waals surface area contributed by atoms with Crippen LogP contribution in [0.15, 0.2) is 60.4 Å². The van der Waals surface area contributed by atoms with E-state index < -0.39 is 0 Å². The van der Waals surface area contributed by atoms with Crippen molar-refractivity contribution in [2.75, 3.05) is 13.7 Å². The van der Waals surface area contributed by atoms with E-state index in [0.717, 1.165) is 54.4 Å². The van der Waals surface area contributed by atoms with E-state index in [2.05, 4.69) is 17.2 Å². The Hall–Kier alpha value is -3.54. The average Bonchev–Trinajstić information content (AvgIpc) is 3.34. The Labute approximate surface area is 193 Å². The third-order valence-electron chi connectivity index (χ3n) is 7.04. The van der Waals surface area contributed by atoms with Gasteiger partial charge in [-0.05, 0) is 61.1 Å². The smallest absolute Gasteiger partial charge is 0.270 e. The van der Waals surface area contributed by atoms with Gasteiger partial charge in [-0.2, -0.15) is 0 Å². The second-order valence-corrected chi connectivity index (χ2v) is 9.53. The molecule has 170 valence electrons. The monoisotopic (exact) mass is 443 g/mol. The zero-order chi connectivity index (χ0) is 23.0. The van der Waals surface area contributed by atoms with Crippen LogP contribution in [0.2, 0.25) is 0 Å². The van der Waals surface area contributed by atoms with Crippen LogP contribution in [0.5, 0.6) is 5.75 Å². The Morgan fingerprint density at radius 1 is 1.21 bits per heavy atom. The first-order chi connectivity index (χ1) is 16.0. The van der Waals surface area contributed by atoms with E-state index in [1.807, 2.05) is 47.5 Å². The van der Waals surface area contributed by atoms with Gasteiger partial charge in [-0.1, -0.05) is 31.5 Å². The average molecular weight is 444 g/mol. The van der Waals surface area contributed by atoms with Gasteiger partial charge in [-0.25, -0.2) is 0 Å². The molecule has 6 nitrogen and oxygen atoms in total. The molecule has 2 heterocycles. The predicted molar refractivity (Wildman–Crippen MR) is 129 cm³/mol. The molecule has 6 heteroatoms. The summed E-state index contributed by atoms with van der Waals surface area (Å²) in [6, 6.07) is 15.0. The summed E-state index contributed by atoms with van der Waals surface area (Å²) < 4.78 is 5.38. The minimum Gasteiger partial charge on any atom is -0.497 e. The van der Waals surface area contributed by atoms with E-state index in [0.29, 0.717) is 11.3 Å². The molecule has 1 aromatic heterocycles. The second-order valence-electron chi connectivity index (χ2n) is 9.53. The third kappa shape index (κ3) is 4.13. The first-order valence-electron chi connectivity index (χ1n) is 11.5. The molecular weight excluding hydrogens is 414 g/mol. The van der Waals surface area contributed by atoms with Crippen LogP contribution in [-0.4, -0.2) is 41.4 Å². The lowest BCUT2D eigenvalue weighted by atomic mass is 9.78. The van der Waals surface area contributed by atoms with Crippen LogP contribution in [0.25, 0.3) is 17.0 Å². The summed E-state index contributed by atoms with van der Waals surface area (Å²) in [5.74, 6) is 0.326. The molecule has 1 aliphatic heterocycles. The van der Waals surface area contributed by atoms with Crippen molar-refractivity contribution in [3.8, 4) is 5.75 Å². The maximum atomic E-state index is 13.8. The first-order valence-corrected chi connectivity index (χ1v) is 11.5. The fraction of sp³-hybridized carbons (Fsp3) is 0.333. The van der Waals surface area contributed by atoms with Gasteiger partial charge < -0.3 is 19.9 Å². The fourth-order valence-corrected chi connectivity index (χ4v) is 5.34. The predicted octanol–water partition coefficient (Wildman–Crippen LogP) is 4.74. The van der Waals surface area contributed by atoms with Gasteiger partial charge in [0.25, 0.3) is 11.8 Å². The molecule has 3 aromatic rings. The molecule has 2 atom stereocenters. The molecule has 1 aliphatic carbocycles. The Bertz CT molecular complexity index is 1230. The molecule has 5 rings (SSSR count). The number of hydrogen-bond donors (Lipinski definition) is 2. The highest BCUT2D eigenvalue weighted by molar-refractivity contribution is 6.06. The van der Waals surface area contributed by atoms with Gasteiger partial charge in [0, 0.05) is 40.8 Å². The standard InChI is InChI=1S/C27H29N3O3/c1-27-12-6-9-20(15-27)30(17-27)26(32)24(29-25(31)18-7-4-3-5-8-18)13-19-16-28-23-11-10-21(33-2)14-22(19)23/h3-5,7-8,10-11,13-14,16,20,28H,6,9,12,15,17H2,1-2H3,(H,29,31)/b24-13-/t20-,27-/m0/s1. The quantitative estimate of drug-likeness (QED) is 0.560. The lowest BCUT2D eigenvalue weighted by Crippen LogP contribution is -2.41. The first kappa shape index (κ1) is 21.3. The van der Waals surface area contributed by atoms with Crippen molar-refractivity contribution in [3.05, 3.63) is 71.6 Å². The van der Waals surface area contributed by atoms with Crippen LogP contribution in [0.1, 0.15) is 48.5 Å². The van der Waals surface area contributed by atoms with Gasteiger partial charge in [0.05, 0.1) is 7.11 Å². The third-order valence-corrected chi connectivity index (χ3v) is 7.04. The van der Waals surface area contributed by atoms with Crippen LogP contribution in [-0.2, 0) is 4.79 Å². The van der Waals surface area contributed by atoms with Gasteiger partial charge in [0.2, 0.25) is 0 Å². The number of aromatic amines is 1. The van der Waals surface area contributed by atoms with E-state index in [9.17, 15) is 9.59 Å². The minimum absolute atomic E-state index is 0.118. The number of carbonyl (C=O) groups is 2. The summed E-state index contributed by atoms with van der Waals surface area (Å²) in [4.78, 5) is 32.0. The number of fused-ring (bicyclic) bond motifs is 3. The number of likely N-dealkylation sites (tertiary alicyclic amines) is 1. The molecule has 0 spiro atoms. The summed E-state index contributed by atoms with van der Waals surface area (Å²) in [6.45, 7) is 3.00. The molecule has 1 saturated heterocycles. The van der Waals surface area contributed by atoms with Crippen LogP contribution in [0, 0.1) is 5.41 Å². The van der Waals surface area contributed by atoms with Gasteiger partial charge in [-0.3, -0.25) is 9.59 Å². The number of benzene rings is 2. The summed E-state index contributed by atoms with van der Waals surface area (Å²) in [5, 5.41) is 3.85. The van der Waals surface area contributed by atoms with Crippen molar-refractivity contribution in [2.45, 2.75) is 38.6 Å². The van der Waals surface area contributed by atoms with Crippen molar-refractivity contribution in [1.82, 2.24) is 15.2 Å². The van der Waals surface area contributed by atoms with Crippen molar-refractivity contribution in [2.24, 2.45) is 5.41 Å². The Balaban J connectivity index is 1.53. The molecule has 2 aliphatic rings. The number of methoxy groups -OCH3 is 1. The van der Waals surface area contributed by atoms with E-state index in [4.69, 9.17) is 4.74 Å². The normalized spacial score (nSPS) is 22.4. The number of H-pyrrole nitrogens is 1. The van der Waals surface area contributed by atoms with Crippen LogP contribution in [0.3, 0.4) is 0 Å². The topological polar surface area (TPSA) is 74.4 Å². The van der Waals surface area contributed by atoms with Crippen molar-refractivity contribution < 1.29 is 14.3 Å². The molecule has 2 fully saturated rings. The fourth-order valence-electron chi connectivity index (χ4n) is 5.34. The molecule has 0 unspecified atom stereocenters. The molecule has 2 amide bonds. The number of nitrogens with one attached hydrogen (secondary N) is 2. The highest BCUT2D eigenvalue weighted by Crippen LogP contribution is 2.45. The van der Waals surface area contributed by atoms with Crippen molar-refractivity contribution in [3.63, 3.8) is 0 Å². The molecule has 2 bridgehead atoms. The van der Waals surface area contributed by atoms with Crippen molar-refractivity contribution >= 4 is 28.8 Å². The van der Waals surface area contributed by atoms with Gasteiger partial charge in [-0.15, -0.1) is 0 Å². The summed E-state index contributed by atoms with van der Waals surface area (Å²) in [7, 11) is 1.63. The molecule has 2 N–H and O–H groups in total. The van der Waals surface area contributed by atoms with Crippen molar-refractivity contribution in [1.29, 1.82) is 0 Å². The largest absolute Gasteiger partial charge is 0.497 e. The van der Waals surface area contributed by atoms with Gasteiger partial charge in [0.1, 0.15) is 11.4 Å². The molecule has 2 aromatic carbocycles. The number of ether oxygens (including phenoxy) is 1. The SMILES string of the molecule is COc1ccc2[nH]cc(/C=C(\NC(=O)c3ccccc3)C(=O)N3C[C@@]4(C)CCC[C@H]3C4)c2c1. The van der Waals surface area contributed by atoms with E-state index >= 15 is 0 Å². The summed E-state index contributed by atoms with van der Waals surface area (Å²) >= 11 is 0. The van der Waals surface area contributed by atoms with E-state index in [1.165, 1.54) is 0 Å². The number of aromatic nitrogens is 1.